The number of halogens is 1. The molecule has 3 rings (SSSR count). The molecule has 0 unspecified atom stereocenters. The lowest BCUT2D eigenvalue weighted by atomic mass is 10.0. The Morgan fingerprint density at radius 2 is 2.14 bits per heavy atom. The normalized spacial score (nSPS) is 12.0. The van der Waals surface area contributed by atoms with Crippen LogP contribution in [0.1, 0.15) is 18.3 Å². The van der Waals surface area contributed by atoms with Gasteiger partial charge in [-0.15, -0.1) is 0 Å². The lowest BCUT2D eigenvalue weighted by Gasteiger charge is -2.10. The number of amidine groups is 1. The molecule has 142 valence electrons. The van der Waals surface area contributed by atoms with Crippen LogP contribution in [0.4, 0.5) is 10.2 Å². The van der Waals surface area contributed by atoms with E-state index in [-0.39, 0.29) is 17.2 Å². The van der Waals surface area contributed by atoms with E-state index in [2.05, 4.69) is 15.0 Å². The van der Waals surface area contributed by atoms with E-state index < -0.39 is 5.82 Å². The summed E-state index contributed by atoms with van der Waals surface area (Å²) in [6, 6.07) is 4.96. The predicted octanol–water partition coefficient (Wildman–Crippen LogP) is 2.81. The summed E-state index contributed by atoms with van der Waals surface area (Å²) >= 11 is 0. The minimum Gasteiger partial charge on any atom is -0.383 e. The Morgan fingerprint density at radius 3 is 2.82 bits per heavy atom. The molecule has 0 radical (unpaired) electrons. The van der Waals surface area contributed by atoms with E-state index in [9.17, 15) is 4.39 Å². The summed E-state index contributed by atoms with van der Waals surface area (Å²) in [5.74, 6) is -0.00426. The van der Waals surface area contributed by atoms with E-state index in [1.807, 2.05) is 11.5 Å². The minimum atomic E-state index is -0.632. The monoisotopic (exact) mass is 378 g/mol. The largest absolute Gasteiger partial charge is 0.383 e. The van der Waals surface area contributed by atoms with E-state index in [1.165, 1.54) is 12.3 Å². The smallest absolute Gasteiger partial charge is 0.173 e. The third kappa shape index (κ3) is 3.25. The van der Waals surface area contributed by atoms with Crippen LogP contribution in [0.2, 0.25) is 0 Å². The number of aryl methyl sites for hydroxylation is 1. The van der Waals surface area contributed by atoms with Crippen LogP contribution in [-0.2, 0) is 6.42 Å². The molecule has 9 heteroatoms. The van der Waals surface area contributed by atoms with Crippen molar-refractivity contribution in [1.82, 2.24) is 14.5 Å². The van der Waals surface area contributed by atoms with E-state index in [0.29, 0.717) is 28.6 Å². The Kier molecular flexibility index (Phi) is 5.25. The van der Waals surface area contributed by atoms with Crippen molar-refractivity contribution in [2.24, 2.45) is 10.7 Å². The van der Waals surface area contributed by atoms with Gasteiger partial charge >= 0.3 is 0 Å². The first-order valence-electron chi connectivity index (χ1n) is 8.46. The first kappa shape index (κ1) is 18.9. The topological polar surface area (TPSA) is 143 Å². The van der Waals surface area contributed by atoms with E-state index in [0.717, 1.165) is 18.4 Å². The van der Waals surface area contributed by atoms with Crippen LogP contribution in [0.5, 0.6) is 0 Å². The number of pyridine rings is 1. The fraction of sp³-hybridized carbons (Fsp3) is 0.105. The highest BCUT2D eigenvalue weighted by atomic mass is 19.1. The first-order chi connectivity index (χ1) is 13.5. The Bertz CT molecular complexity index is 1130. The summed E-state index contributed by atoms with van der Waals surface area (Å²) in [6.45, 7) is 1.95. The zero-order chi connectivity index (χ0) is 20.3. The van der Waals surface area contributed by atoms with E-state index >= 15 is 0 Å². The number of nitrogens with zero attached hydrogens (tertiary/aromatic N) is 4. The number of hydrogen-bond acceptors (Lipinski definition) is 5. The lowest BCUT2D eigenvalue weighted by molar-refractivity contribution is 0.631. The molecular formula is C19H19FN8. The lowest BCUT2D eigenvalue weighted by Crippen LogP contribution is -2.14. The van der Waals surface area contributed by atoms with Gasteiger partial charge in [-0.3, -0.25) is 5.41 Å². The SMILES string of the molecule is CCc1nc2c(C(N)=NC=N)cc(-c3ccnc(N)c3F)cc2n1/C=C/C=N. The Labute approximate surface area is 160 Å². The van der Waals surface area contributed by atoms with Crippen molar-refractivity contribution < 1.29 is 4.39 Å². The number of anilines is 1. The highest BCUT2D eigenvalue weighted by molar-refractivity contribution is 6.11. The van der Waals surface area contributed by atoms with Gasteiger partial charge in [0, 0.05) is 36.2 Å². The number of rotatable bonds is 6. The molecule has 0 fully saturated rings. The van der Waals surface area contributed by atoms with Gasteiger partial charge < -0.3 is 21.4 Å². The molecule has 0 amide bonds. The molecule has 28 heavy (non-hydrogen) atoms. The summed E-state index contributed by atoms with van der Waals surface area (Å²) in [4.78, 5) is 12.2. The quantitative estimate of drug-likeness (QED) is 0.386. The maximum absolute atomic E-state index is 14.6. The van der Waals surface area contributed by atoms with Gasteiger partial charge in [-0.2, -0.15) is 0 Å². The van der Waals surface area contributed by atoms with Crippen molar-refractivity contribution in [3.05, 3.63) is 47.7 Å². The van der Waals surface area contributed by atoms with Crippen LogP contribution in [0.25, 0.3) is 28.4 Å². The Hall–Kier alpha value is -3.88. The van der Waals surface area contributed by atoms with Crippen LogP contribution >= 0.6 is 0 Å². The molecule has 2 heterocycles. The highest BCUT2D eigenvalue weighted by Crippen LogP contribution is 2.31. The average molecular weight is 378 g/mol. The van der Waals surface area contributed by atoms with Gasteiger partial charge in [0.2, 0.25) is 0 Å². The zero-order valence-electron chi connectivity index (χ0n) is 15.1. The fourth-order valence-corrected chi connectivity index (χ4v) is 2.96. The Morgan fingerprint density at radius 1 is 1.36 bits per heavy atom. The van der Waals surface area contributed by atoms with Crippen LogP contribution in [-0.4, -0.2) is 32.9 Å². The molecule has 0 aliphatic carbocycles. The second-order valence-electron chi connectivity index (χ2n) is 5.85. The molecular weight excluding hydrogens is 359 g/mol. The standard InChI is InChI=1S/C19H19FN8/c1-2-15-27-17-13(18(23)26-10-22)8-11(9-14(17)28(15)7-3-5-21)12-4-6-25-19(24)16(12)20/h3-10,21H,2H2,1H3,(H2,24,25)(H3,22,23,26)/b7-3+,21-5?. The van der Waals surface area contributed by atoms with Crippen molar-refractivity contribution in [2.45, 2.75) is 13.3 Å². The van der Waals surface area contributed by atoms with Crippen molar-refractivity contribution in [2.75, 3.05) is 5.73 Å². The summed E-state index contributed by atoms with van der Waals surface area (Å²) in [6.07, 6.45) is 7.32. The van der Waals surface area contributed by atoms with Crippen LogP contribution in [0.15, 0.2) is 35.5 Å². The van der Waals surface area contributed by atoms with Crippen LogP contribution in [0, 0.1) is 16.6 Å². The van der Waals surface area contributed by atoms with Gasteiger partial charge in [0.05, 0.1) is 5.52 Å². The number of aliphatic imine (C=N–C) groups is 1. The third-order valence-corrected chi connectivity index (χ3v) is 4.22. The molecule has 3 aromatic rings. The fourth-order valence-electron chi connectivity index (χ4n) is 2.96. The van der Waals surface area contributed by atoms with Gasteiger partial charge in [-0.25, -0.2) is 19.4 Å². The molecule has 0 aliphatic heterocycles. The van der Waals surface area contributed by atoms with Gasteiger partial charge in [0.1, 0.15) is 23.5 Å². The number of nitrogens with one attached hydrogen (secondary N) is 2. The number of nitrogens with two attached hydrogens (primary N) is 2. The molecule has 8 nitrogen and oxygen atoms in total. The van der Waals surface area contributed by atoms with Crippen LogP contribution in [0.3, 0.4) is 0 Å². The van der Waals surface area contributed by atoms with E-state index in [1.54, 1.807) is 24.4 Å². The number of fused-ring (bicyclic) bond motifs is 1. The molecule has 0 spiro atoms. The molecule has 0 bridgehead atoms. The number of nitrogen functional groups attached to an aromatic ring is 1. The molecule has 0 atom stereocenters. The van der Waals surface area contributed by atoms with Crippen molar-refractivity contribution in [1.29, 1.82) is 10.8 Å². The van der Waals surface area contributed by atoms with Crippen molar-refractivity contribution >= 4 is 41.4 Å². The van der Waals surface area contributed by atoms with Crippen LogP contribution < -0.4 is 11.5 Å². The number of imidazole rings is 1. The van der Waals surface area contributed by atoms with Gasteiger partial charge in [-0.1, -0.05) is 6.92 Å². The summed E-state index contributed by atoms with van der Waals surface area (Å²) in [5.41, 5.74) is 14.2. The molecule has 1 aromatic carbocycles. The molecule has 6 N–H and O–H groups in total. The second-order valence-corrected chi connectivity index (χ2v) is 5.85. The number of benzene rings is 1. The summed E-state index contributed by atoms with van der Waals surface area (Å²) in [5, 5.41) is 14.5. The van der Waals surface area contributed by atoms with Crippen molar-refractivity contribution in [3.63, 3.8) is 0 Å². The first-order valence-corrected chi connectivity index (χ1v) is 8.46. The molecule has 2 aromatic heterocycles. The second kappa shape index (κ2) is 7.78. The van der Waals surface area contributed by atoms with Crippen molar-refractivity contribution in [3.8, 4) is 11.1 Å². The maximum Gasteiger partial charge on any atom is 0.173 e. The number of aromatic nitrogens is 3. The predicted molar refractivity (Wildman–Crippen MR) is 110 cm³/mol. The van der Waals surface area contributed by atoms with E-state index in [4.69, 9.17) is 22.3 Å². The number of hydrogen-bond donors (Lipinski definition) is 4. The molecule has 0 aliphatic rings. The summed E-state index contributed by atoms with van der Waals surface area (Å²) in [7, 11) is 0. The van der Waals surface area contributed by atoms with Gasteiger partial charge in [-0.05, 0) is 29.8 Å². The summed E-state index contributed by atoms with van der Waals surface area (Å²) < 4.78 is 16.4. The number of allylic oxidation sites excluding steroid dienone is 1. The highest BCUT2D eigenvalue weighted by Gasteiger charge is 2.18. The maximum atomic E-state index is 14.6. The van der Waals surface area contributed by atoms with Gasteiger partial charge in [0.15, 0.2) is 11.6 Å². The third-order valence-electron chi connectivity index (χ3n) is 4.22. The van der Waals surface area contributed by atoms with Gasteiger partial charge in [0.25, 0.3) is 0 Å². The Balaban J connectivity index is 2.42. The molecule has 0 saturated heterocycles. The average Bonchev–Trinajstić information content (AvgIpc) is 3.05. The zero-order valence-corrected chi connectivity index (χ0v) is 15.1. The molecule has 0 saturated carbocycles. The minimum absolute atomic E-state index is 0.0904.